The highest BCUT2D eigenvalue weighted by Gasteiger charge is 2.10. The second-order valence-corrected chi connectivity index (χ2v) is 2.71. The second-order valence-electron chi connectivity index (χ2n) is 2.35. The predicted molar refractivity (Wildman–Crippen MR) is 45.0 cm³/mol. The first-order chi connectivity index (χ1) is 6.22. The van der Waals surface area contributed by atoms with E-state index < -0.39 is 5.56 Å². The van der Waals surface area contributed by atoms with Crippen LogP contribution < -0.4 is 5.56 Å². The second kappa shape index (κ2) is 2.70. The molecule has 0 fully saturated rings. The lowest BCUT2D eigenvalue weighted by Gasteiger charge is -1.87. The minimum absolute atomic E-state index is 0.0303. The Morgan fingerprint density at radius 1 is 1.62 bits per heavy atom. The van der Waals surface area contributed by atoms with E-state index in [0.29, 0.717) is 6.29 Å². The van der Waals surface area contributed by atoms with E-state index in [2.05, 4.69) is 10.2 Å². The average molecular weight is 199 g/mol. The molecule has 0 bridgehead atoms. The standard InChI is InChI=1S/C7H3ClN2O3/c8-6-5-4(7(12)10-9-6)1-3(2-11)13-5/h1-2H,(H,10,12). The minimum Gasteiger partial charge on any atom is -0.450 e. The van der Waals surface area contributed by atoms with Crippen molar-refractivity contribution in [2.75, 3.05) is 0 Å². The molecule has 2 aromatic rings. The Morgan fingerprint density at radius 3 is 3.00 bits per heavy atom. The number of fused-ring (bicyclic) bond motifs is 1. The number of nitrogens with one attached hydrogen (secondary N) is 1. The molecule has 13 heavy (non-hydrogen) atoms. The molecule has 2 rings (SSSR count). The van der Waals surface area contributed by atoms with Crippen LogP contribution in [0.25, 0.3) is 11.0 Å². The van der Waals surface area contributed by atoms with Crippen LogP contribution in [0.2, 0.25) is 5.15 Å². The molecule has 6 heteroatoms. The summed E-state index contributed by atoms with van der Waals surface area (Å²) < 4.78 is 4.95. The highest BCUT2D eigenvalue weighted by atomic mass is 35.5. The van der Waals surface area contributed by atoms with E-state index in [1.807, 2.05) is 0 Å². The van der Waals surface area contributed by atoms with Crippen molar-refractivity contribution in [1.29, 1.82) is 0 Å². The van der Waals surface area contributed by atoms with Crippen molar-refractivity contribution in [3.8, 4) is 0 Å². The van der Waals surface area contributed by atoms with Gasteiger partial charge < -0.3 is 4.42 Å². The molecule has 0 aromatic carbocycles. The molecule has 0 atom stereocenters. The van der Waals surface area contributed by atoms with Crippen molar-refractivity contribution in [3.63, 3.8) is 0 Å². The van der Waals surface area contributed by atoms with Crippen LogP contribution in [-0.2, 0) is 0 Å². The average Bonchev–Trinajstić information content (AvgIpc) is 2.56. The predicted octanol–water partition coefficient (Wildman–Crippen LogP) is 0.982. The van der Waals surface area contributed by atoms with Gasteiger partial charge in [-0.3, -0.25) is 9.59 Å². The highest BCUT2D eigenvalue weighted by Crippen LogP contribution is 2.20. The van der Waals surface area contributed by atoms with Gasteiger partial charge in [0, 0.05) is 6.07 Å². The van der Waals surface area contributed by atoms with Gasteiger partial charge in [0.25, 0.3) is 5.56 Å². The summed E-state index contributed by atoms with van der Waals surface area (Å²) in [5, 5.41) is 5.89. The summed E-state index contributed by atoms with van der Waals surface area (Å²) in [5.74, 6) is 0.0513. The van der Waals surface area contributed by atoms with Crippen molar-refractivity contribution >= 4 is 28.9 Å². The lowest BCUT2D eigenvalue weighted by Crippen LogP contribution is -2.06. The summed E-state index contributed by atoms with van der Waals surface area (Å²) in [4.78, 5) is 21.4. The fourth-order valence-corrected chi connectivity index (χ4v) is 1.18. The smallest absolute Gasteiger partial charge is 0.275 e. The van der Waals surface area contributed by atoms with Crippen molar-refractivity contribution in [3.05, 3.63) is 27.3 Å². The van der Waals surface area contributed by atoms with Crippen LogP contribution >= 0.6 is 11.6 Å². The van der Waals surface area contributed by atoms with Crippen LogP contribution in [0.4, 0.5) is 0 Å². The third kappa shape index (κ3) is 1.13. The maximum absolute atomic E-state index is 11.1. The van der Waals surface area contributed by atoms with E-state index >= 15 is 0 Å². The molecule has 2 heterocycles. The zero-order chi connectivity index (χ0) is 9.42. The number of H-pyrrole nitrogens is 1. The van der Waals surface area contributed by atoms with E-state index in [-0.39, 0.29) is 21.9 Å². The van der Waals surface area contributed by atoms with Gasteiger partial charge in [-0.25, -0.2) is 5.10 Å². The number of aromatic nitrogens is 2. The van der Waals surface area contributed by atoms with Crippen LogP contribution in [0.3, 0.4) is 0 Å². The van der Waals surface area contributed by atoms with Gasteiger partial charge in [-0.15, -0.1) is 0 Å². The first-order valence-electron chi connectivity index (χ1n) is 3.35. The molecule has 0 unspecified atom stereocenters. The molecule has 0 saturated heterocycles. The van der Waals surface area contributed by atoms with Crippen LogP contribution in [0.1, 0.15) is 10.6 Å². The van der Waals surface area contributed by atoms with Gasteiger partial charge >= 0.3 is 0 Å². The van der Waals surface area contributed by atoms with E-state index in [1.165, 1.54) is 6.07 Å². The molecule has 0 aliphatic carbocycles. The molecule has 0 spiro atoms. The molecule has 0 aliphatic heterocycles. The Kier molecular flexibility index (Phi) is 1.66. The van der Waals surface area contributed by atoms with E-state index in [1.54, 1.807) is 0 Å². The number of carbonyl (C=O) groups is 1. The largest absolute Gasteiger partial charge is 0.450 e. The topological polar surface area (TPSA) is 76.0 Å². The van der Waals surface area contributed by atoms with Gasteiger partial charge in [0.15, 0.2) is 22.8 Å². The number of halogens is 1. The SMILES string of the molecule is O=Cc1cc2c(=O)[nH]nc(Cl)c2o1. The highest BCUT2D eigenvalue weighted by molar-refractivity contribution is 6.33. The Morgan fingerprint density at radius 2 is 2.38 bits per heavy atom. The van der Waals surface area contributed by atoms with Crippen LogP contribution in [0, 0.1) is 0 Å². The molecule has 1 N–H and O–H groups in total. The zero-order valence-electron chi connectivity index (χ0n) is 6.20. The normalized spacial score (nSPS) is 10.5. The molecule has 5 nitrogen and oxygen atoms in total. The third-order valence-electron chi connectivity index (χ3n) is 1.55. The molecule has 0 aliphatic rings. The van der Waals surface area contributed by atoms with Crippen molar-refractivity contribution in [1.82, 2.24) is 10.2 Å². The van der Waals surface area contributed by atoms with Crippen molar-refractivity contribution in [2.24, 2.45) is 0 Å². The van der Waals surface area contributed by atoms with Gasteiger partial charge in [0.1, 0.15) is 0 Å². The minimum atomic E-state index is -0.434. The summed E-state index contributed by atoms with van der Waals surface area (Å²) >= 11 is 5.61. The molecule has 0 amide bonds. The number of furan rings is 1. The molecule has 0 radical (unpaired) electrons. The maximum Gasteiger partial charge on any atom is 0.275 e. The number of hydrogen-bond acceptors (Lipinski definition) is 4. The lowest BCUT2D eigenvalue weighted by molar-refractivity contribution is 0.110. The molecule has 2 aromatic heterocycles. The number of hydrogen-bond donors (Lipinski definition) is 1. The van der Waals surface area contributed by atoms with E-state index in [4.69, 9.17) is 16.0 Å². The Labute approximate surface area is 76.3 Å². The molecule has 66 valence electrons. The fourth-order valence-electron chi connectivity index (χ4n) is 1.00. The Bertz CT molecular complexity index is 528. The Balaban J connectivity index is 2.96. The number of rotatable bonds is 1. The summed E-state index contributed by atoms with van der Waals surface area (Å²) in [6.07, 6.45) is 0.496. The van der Waals surface area contributed by atoms with Crippen molar-refractivity contribution in [2.45, 2.75) is 0 Å². The summed E-state index contributed by atoms with van der Waals surface area (Å²) in [6, 6.07) is 1.31. The van der Waals surface area contributed by atoms with Gasteiger partial charge in [-0.05, 0) is 0 Å². The maximum atomic E-state index is 11.1. The zero-order valence-corrected chi connectivity index (χ0v) is 6.96. The van der Waals surface area contributed by atoms with Gasteiger partial charge in [-0.2, -0.15) is 5.10 Å². The van der Waals surface area contributed by atoms with Crippen molar-refractivity contribution < 1.29 is 9.21 Å². The number of carbonyl (C=O) groups excluding carboxylic acids is 1. The molecular weight excluding hydrogens is 196 g/mol. The number of aromatic amines is 1. The Hall–Kier alpha value is -1.62. The first-order valence-corrected chi connectivity index (χ1v) is 3.73. The molecule has 0 saturated carbocycles. The summed E-state index contributed by atoms with van der Waals surface area (Å²) in [7, 11) is 0. The lowest BCUT2D eigenvalue weighted by atomic mass is 10.3. The summed E-state index contributed by atoms with van der Waals surface area (Å²) in [6.45, 7) is 0. The fraction of sp³-hybridized carbons (Fsp3) is 0. The monoisotopic (exact) mass is 198 g/mol. The van der Waals surface area contributed by atoms with Crippen LogP contribution in [0.15, 0.2) is 15.3 Å². The van der Waals surface area contributed by atoms with Gasteiger partial charge in [-0.1, -0.05) is 11.6 Å². The number of nitrogens with zero attached hydrogens (tertiary/aromatic N) is 1. The van der Waals surface area contributed by atoms with Gasteiger partial charge in [0.05, 0.1) is 5.39 Å². The quantitative estimate of drug-likeness (QED) is 0.693. The van der Waals surface area contributed by atoms with Gasteiger partial charge in [0.2, 0.25) is 0 Å². The van der Waals surface area contributed by atoms with Crippen LogP contribution in [0.5, 0.6) is 0 Å². The van der Waals surface area contributed by atoms with E-state index in [0.717, 1.165) is 0 Å². The summed E-state index contributed by atoms with van der Waals surface area (Å²) in [5.41, 5.74) is -0.302. The van der Waals surface area contributed by atoms with E-state index in [9.17, 15) is 9.59 Å². The molecular formula is C7H3ClN2O3. The first kappa shape index (κ1) is 8.00. The van der Waals surface area contributed by atoms with Crippen LogP contribution in [-0.4, -0.2) is 16.5 Å². The third-order valence-corrected chi connectivity index (χ3v) is 1.81. The number of aldehydes is 1.